The van der Waals surface area contributed by atoms with Gasteiger partial charge in [-0.1, -0.05) is 27.5 Å². The molecule has 0 aromatic heterocycles. The normalized spacial score (nSPS) is 11.1. The average Bonchev–Trinajstić information content (AvgIpc) is 2.47. The molecule has 5 nitrogen and oxygen atoms in total. The van der Waals surface area contributed by atoms with E-state index in [9.17, 15) is 9.59 Å². The number of nitrogens with zero attached hydrogens (tertiary/aromatic N) is 1. The number of halogens is 2. The van der Waals surface area contributed by atoms with Gasteiger partial charge < -0.3 is 14.4 Å². The van der Waals surface area contributed by atoms with Crippen molar-refractivity contribution < 1.29 is 19.1 Å². The monoisotopic (exact) mass is 403 g/mol. The summed E-state index contributed by atoms with van der Waals surface area (Å²) >= 11 is 9.57. The molecule has 1 aromatic rings. The molecule has 0 aliphatic rings. The third kappa shape index (κ3) is 5.25. The summed E-state index contributed by atoms with van der Waals surface area (Å²) in [7, 11) is 3.42. The highest BCUT2D eigenvalue weighted by Crippen LogP contribution is 2.33. The molecule has 1 rings (SSSR count). The summed E-state index contributed by atoms with van der Waals surface area (Å²) in [6.07, 6.45) is 1.41. The van der Waals surface area contributed by atoms with Crippen LogP contribution in [0.5, 0.6) is 5.75 Å². The Morgan fingerprint density at radius 1 is 1.26 bits per heavy atom. The number of ether oxygens (including phenoxy) is 2. The van der Waals surface area contributed by atoms with E-state index in [1.165, 1.54) is 6.20 Å². The average molecular weight is 405 g/mol. The van der Waals surface area contributed by atoms with Gasteiger partial charge in [0.05, 0.1) is 18.2 Å². The van der Waals surface area contributed by atoms with Crippen LogP contribution in [0.2, 0.25) is 5.02 Å². The molecule has 126 valence electrons. The van der Waals surface area contributed by atoms with Gasteiger partial charge in [0.2, 0.25) is 5.78 Å². The van der Waals surface area contributed by atoms with Gasteiger partial charge in [0.25, 0.3) is 0 Å². The first-order chi connectivity index (χ1) is 10.8. The van der Waals surface area contributed by atoms with Gasteiger partial charge in [-0.15, -0.1) is 0 Å². The van der Waals surface area contributed by atoms with Crippen molar-refractivity contribution >= 4 is 39.3 Å². The molecule has 0 radical (unpaired) electrons. The fourth-order valence-corrected chi connectivity index (χ4v) is 2.49. The van der Waals surface area contributed by atoms with Crippen molar-refractivity contribution in [1.29, 1.82) is 0 Å². The van der Waals surface area contributed by atoms with Crippen LogP contribution in [0.15, 0.2) is 28.4 Å². The molecule has 1 aromatic carbocycles. The van der Waals surface area contributed by atoms with Crippen molar-refractivity contribution in [1.82, 2.24) is 4.90 Å². The molecule has 0 saturated carbocycles. The number of hydrogen-bond acceptors (Lipinski definition) is 5. The fraction of sp³-hybridized carbons (Fsp3) is 0.375. The van der Waals surface area contributed by atoms with E-state index in [-0.39, 0.29) is 22.8 Å². The SMILES string of the molecule is CCOC(=O)C(=CN(C)C)C(=O)c1cc(Br)cc(OCC)c1Cl. The maximum absolute atomic E-state index is 12.8. The van der Waals surface area contributed by atoms with Gasteiger partial charge in [0.15, 0.2) is 0 Å². The minimum Gasteiger partial charge on any atom is -0.492 e. The Morgan fingerprint density at radius 3 is 2.43 bits per heavy atom. The number of ketones is 1. The smallest absolute Gasteiger partial charge is 0.343 e. The van der Waals surface area contributed by atoms with Crippen LogP contribution >= 0.6 is 27.5 Å². The zero-order valence-electron chi connectivity index (χ0n) is 13.5. The lowest BCUT2D eigenvalue weighted by Gasteiger charge is -2.13. The summed E-state index contributed by atoms with van der Waals surface area (Å²) in [5, 5.41) is 0.161. The van der Waals surface area contributed by atoms with E-state index < -0.39 is 11.8 Å². The summed E-state index contributed by atoms with van der Waals surface area (Å²) < 4.78 is 11.0. The maximum Gasteiger partial charge on any atom is 0.343 e. The number of carbonyl (C=O) groups is 2. The zero-order chi connectivity index (χ0) is 17.6. The number of esters is 1. The van der Waals surface area contributed by atoms with E-state index in [0.29, 0.717) is 16.8 Å². The lowest BCUT2D eigenvalue weighted by molar-refractivity contribution is -0.138. The molecule has 0 aliphatic carbocycles. The van der Waals surface area contributed by atoms with Gasteiger partial charge in [-0.05, 0) is 26.0 Å². The van der Waals surface area contributed by atoms with Crippen LogP contribution < -0.4 is 4.74 Å². The lowest BCUT2D eigenvalue weighted by atomic mass is 10.0. The molecule has 0 heterocycles. The van der Waals surface area contributed by atoms with Crippen LogP contribution in [0.25, 0.3) is 0 Å². The van der Waals surface area contributed by atoms with Crippen LogP contribution in [0.1, 0.15) is 24.2 Å². The molecule has 7 heteroatoms. The van der Waals surface area contributed by atoms with Gasteiger partial charge in [0, 0.05) is 30.3 Å². The molecule has 0 atom stereocenters. The van der Waals surface area contributed by atoms with Crippen molar-refractivity contribution in [2.24, 2.45) is 0 Å². The van der Waals surface area contributed by atoms with Gasteiger partial charge >= 0.3 is 5.97 Å². The van der Waals surface area contributed by atoms with E-state index in [1.54, 1.807) is 38.1 Å². The topological polar surface area (TPSA) is 55.8 Å². The van der Waals surface area contributed by atoms with Crippen LogP contribution in [-0.4, -0.2) is 44.0 Å². The Kier molecular flexibility index (Phi) is 7.58. The van der Waals surface area contributed by atoms with Crippen LogP contribution in [0, 0.1) is 0 Å². The Hall–Kier alpha value is -1.53. The molecule has 0 fully saturated rings. The molecule has 0 unspecified atom stereocenters. The number of hydrogen-bond donors (Lipinski definition) is 0. The van der Waals surface area contributed by atoms with Crippen LogP contribution in [0.3, 0.4) is 0 Å². The van der Waals surface area contributed by atoms with Crippen molar-refractivity contribution in [2.45, 2.75) is 13.8 Å². The molecule has 0 spiro atoms. The van der Waals surface area contributed by atoms with Crippen molar-refractivity contribution in [3.63, 3.8) is 0 Å². The quantitative estimate of drug-likeness (QED) is 0.228. The van der Waals surface area contributed by atoms with E-state index >= 15 is 0 Å². The molecular formula is C16H19BrClNO4. The first-order valence-electron chi connectivity index (χ1n) is 7.03. The van der Waals surface area contributed by atoms with Crippen molar-refractivity contribution in [2.75, 3.05) is 27.3 Å². The summed E-state index contributed by atoms with van der Waals surface area (Å²) in [5.41, 5.74) is 0.0740. The molecule has 0 saturated heterocycles. The Morgan fingerprint density at radius 2 is 1.91 bits per heavy atom. The molecule has 23 heavy (non-hydrogen) atoms. The van der Waals surface area contributed by atoms with Gasteiger partial charge in [-0.2, -0.15) is 0 Å². The second kappa shape index (κ2) is 8.93. The van der Waals surface area contributed by atoms with Gasteiger partial charge in [0.1, 0.15) is 11.3 Å². The highest BCUT2D eigenvalue weighted by Gasteiger charge is 2.25. The number of carbonyl (C=O) groups excluding carboxylic acids is 2. The third-order valence-corrected chi connectivity index (χ3v) is 3.52. The van der Waals surface area contributed by atoms with E-state index in [4.69, 9.17) is 21.1 Å². The second-order valence-electron chi connectivity index (χ2n) is 4.75. The highest BCUT2D eigenvalue weighted by molar-refractivity contribution is 9.10. The first kappa shape index (κ1) is 19.5. The number of rotatable bonds is 7. The lowest BCUT2D eigenvalue weighted by Crippen LogP contribution is -2.20. The van der Waals surface area contributed by atoms with Crippen molar-refractivity contribution in [3.8, 4) is 5.75 Å². The minimum absolute atomic E-state index is 0.0979. The Labute approximate surface area is 149 Å². The molecule has 0 N–H and O–H groups in total. The summed E-state index contributed by atoms with van der Waals surface area (Å²) in [5.74, 6) is -0.843. The molecular weight excluding hydrogens is 386 g/mol. The predicted molar refractivity (Wildman–Crippen MR) is 93.1 cm³/mol. The number of Topliss-reactive ketones (excluding diaryl/α,β-unsaturated/α-hetero) is 1. The predicted octanol–water partition coefficient (Wildman–Crippen LogP) is 3.69. The van der Waals surface area contributed by atoms with E-state index in [1.807, 2.05) is 6.92 Å². The third-order valence-electron chi connectivity index (χ3n) is 2.68. The largest absolute Gasteiger partial charge is 0.492 e. The minimum atomic E-state index is -0.694. The Balaban J connectivity index is 3.36. The van der Waals surface area contributed by atoms with Crippen LogP contribution in [-0.2, 0) is 9.53 Å². The Bertz CT molecular complexity index is 629. The van der Waals surface area contributed by atoms with Gasteiger partial charge in [-0.25, -0.2) is 4.79 Å². The number of benzene rings is 1. The van der Waals surface area contributed by atoms with Crippen LogP contribution in [0.4, 0.5) is 0 Å². The summed E-state index contributed by atoms with van der Waals surface area (Å²) in [4.78, 5) is 26.4. The van der Waals surface area contributed by atoms with E-state index in [2.05, 4.69) is 15.9 Å². The fourth-order valence-electron chi connectivity index (χ4n) is 1.81. The maximum atomic E-state index is 12.8. The highest BCUT2D eigenvalue weighted by atomic mass is 79.9. The second-order valence-corrected chi connectivity index (χ2v) is 6.05. The van der Waals surface area contributed by atoms with Crippen molar-refractivity contribution in [3.05, 3.63) is 39.0 Å². The molecule has 0 amide bonds. The standard InChI is InChI=1S/C16H19BrClNO4/c1-5-22-13-8-10(17)7-11(14(13)18)15(20)12(9-19(3)4)16(21)23-6-2/h7-9H,5-6H2,1-4H3. The molecule has 0 bridgehead atoms. The zero-order valence-corrected chi connectivity index (χ0v) is 15.8. The summed E-state index contributed by atoms with van der Waals surface area (Å²) in [6, 6.07) is 3.22. The van der Waals surface area contributed by atoms with E-state index in [0.717, 1.165) is 0 Å². The summed E-state index contributed by atoms with van der Waals surface area (Å²) in [6.45, 7) is 4.07. The van der Waals surface area contributed by atoms with Gasteiger partial charge in [-0.3, -0.25) is 4.79 Å². The molecule has 0 aliphatic heterocycles. The first-order valence-corrected chi connectivity index (χ1v) is 8.20.